The average Bonchev–Trinajstić information content (AvgIpc) is 2.61. The van der Waals surface area contributed by atoms with Crippen molar-refractivity contribution in [2.24, 2.45) is 9.98 Å². The van der Waals surface area contributed by atoms with Crippen molar-refractivity contribution in [3.8, 4) is 0 Å². The van der Waals surface area contributed by atoms with Crippen LogP contribution in [0, 0.1) is 0 Å². The first-order valence-electron chi connectivity index (χ1n) is 7.61. The summed E-state index contributed by atoms with van der Waals surface area (Å²) in [6.45, 7) is 1.23. The first-order valence-corrected chi connectivity index (χ1v) is 8.49. The Kier molecular flexibility index (Phi) is 4.13. The number of benzene rings is 2. The van der Waals surface area contributed by atoms with Gasteiger partial charge in [0.15, 0.2) is 6.17 Å². The number of rotatable bonds is 4. The van der Waals surface area contributed by atoms with Crippen molar-refractivity contribution < 1.29 is 4.74 Å². The van der Waals surface area contributed by atoms with Crippen LogP contribution in [0.15, 0.2) is 63.4 Å². The van der Waals surface area contributed by atoms with Gasteiger partial charge in [-0.05, 0) is 23.3 Å². The second-order valence-electron chi connectivity index (χ2n) is 5.50. The van der Waals surface area contributed by atoms with Crippen molar-refractivity contribution in [3.63, 3.8) is 0 Å². The van der Waals surface area contributed by atoms with Crippen molar-refractivity contribution in [3.05, 3.63) is 59.7 Å². The second-order valence-corrected chi connectivity index (χ2v) is 6.66. The maximum atomic E-state index is 5.82. The molecule has 0 aliphatic carbocycles. The van der Waals surface area contributed by atoms with Crippen molar-refractivity contribution in [2.45, 2.75) is 29.6 Å². The first-order chi connectivity index (χ1) is 11.4. The predicted octanol–water partition coefficient (Wildman–Crippen LogP) is 3.73. The molecule has 0 spiro atoms. The second kappa shape index (κ2) is 6.56. The molecule has 0 fully saturated rings. The number of aliphatic imine (C=N–C) groups is 2. The lowest BCUT2D eigenvalue weighted by Crippen LogP contribution is -2.33. The van der Waals surface area contributed by atoms with Crippen LogP contribution >= 0.6 is 11.8 Å². The Labute approximate surface area is 139 Å². The van der Waals surface area contributed by atoms with E-state index in [9.17, 15) is 0 Å². The highest BCUT2D eigenvalue weighted by Gasteiger charge is 2.28. The lowest BCUT2D eigenvalue weighted by atomic mass is 10.2. The highest BCUT2D eigenvalue weighted by atomic mass is 32.2. The van der Waals surface area contributed by atoms with Crippen LogP contribution < -0.4 is 5.32 Å². The summed E-state index contributed by atoms with van der Waals surface area (Å²) in [5.74, 6) is 0. The van der Waals surface area contributed by atoms with Crippen molar-refractivity contribution in [1.29, 1.82) is 0 Å². The minimum absolute atomic E-state index is 0.0259. The molecule has 0 bridgehead atoms. The molecule has 2 aromatic carbocycles. The quantitative estimate of drug-likeness (QED) is 0.932. The molecule has 2 aliphatic rings. The van der Waals surface area contributed by atoms with E-state index in [2.05, 4.69) is 45.6 Å². The van der Waals surface area contributed by atoms with Crippen molar-refractivity contribution >= 4 is 29.9 Å². The Morgan fingerprint density at radius 3 is 2.70 bits per heavy atom. The summed E-state index contributed by atoms with van der Waals surface area (Å²) < 4.78 is 5.82. The zero-order valence-electron chi connectivity index (χ0n) is 12.6. The summed E-state index contributed by atoms with van der Waals surface area (Å²) in [7, 11) is 0. The van der Waals surface area contributed by atoms with E-state index in [1.165, 1.54) is 10.5 Å². The van der Waals surface area contributed by atoms with Crippen molar-refractivity contribution in [1.82, 2.24) is 0 Å². The summed E-state index contributed by atoms with van der Waals surface area (Å²) in [5, 5.41) is 3.59. The van der Waals surface area contributed by atoms with Crippen LogP contribution in [0.5, 0.6) is 0 Å². The Balaban J connectivity index is 1.41. The summed E-state index contributed by atoms with van der Waals surface area (Å²) in [6.07, 6.45) is 3.55. The first kappa shape index (κ1) is 14.5. The standard InChI is InChI=1S/C18H17N3OS/c1-2-4-13(5-3-1)11-22-12-14-6-7-16-15(10-14)21-17-18(23-16)20-9-8-19-17/h1-10,17-18,21H,11-12H2. The molecule has 0 saturated heterocycles. The van der Waals surface area contributed by atoms with Crippen LogP contribution in [0.25, 0.3) is 0 Å². The number of thioether (sulfide) groups is 1. The Morgan fingerprint density at radius 2 is 1.78 bits per heavy atom. The van der Waals surface area contributed by atoms with Gasteiger partial charge in [0.25, 0.3) is 0 Å². The third-order valence-corrected chi connectivity index (χ3v) is 5.02. The van der Waals surface area contributed by atoms with E-state index in [1.54, 1.807) is 24.2 Å². The van der Waals surface area contributed by atoms with Gasteiger partial charge in [-0.1, -0.05) is 48.2 Å². The number of hydrogen-bond donors (Lipinski definition) is 1. The Hall–Kier alpha value is -2.11. The van der Waals surface area contributed by atoms with Gasteiger partial charge in [0.2, 0.25) is 0 Å². The van der Waals surface area contributed by atoms with Gasteiger partial charge < -0.3 is 10.1 Å². The molecule has 0 saturated carbocycles. The minimum Gasteiger partial charge on any atom is -0.372 e. The Morgan fingerprint density at radius 1 is 0.957 bits per heavy atom. The van der Waals surface area contributed by atoms with E-state index in [1.807, 2.05) is 18.2 Å². The van der Waals surface area contributed by atoms with Crippen LogP contribution in [0.3, 0.4) is 0 Å². The summed E-state index contributed by atoms with van der Waals surface area (Å²) in [4.78, 5) is 10.1. The van der Waals surface area contributed by atoms with Crippen LogP contribution in [0.2, 0.25) is 0 Å². The van der Waals surface area contributed by atoms with E-state index < -0.39 is 0 Å². The van der Waals surface area contributed by atoms with Gasteiger partial charge in [-0.25, -0.2) is 0 Å². The highest BCUT2D eigenvalue weighted by Crippen LogP contribution is 2.39. The number of ether oxygens (including phenoxy) is 1. The topological polar surface area (TPSA) is 46.0 Å². The van der Waals surface area contributed by atoms with Gasteiger partial charge in [-0.3, -0.25) is 9.98 Å². The lowest BCUT2D eigenvalue weighted by Gasteiger charge is -2.30. The molecule has 1 N–H and O–H groups in total. The highest BCUT2D eigenvalue weighted by molar-refractivity contribution is 8.00. The van der Waals surface area contributed by atoms with E-state index in [0.717, 1.165) is 11.3 Å². The molecule has 0 amide bonds. The maximum absolute atomic E-state index is 5.82. The molecule has 2 aromatic rings. The third kappa shape index (κ3) is 3.30. The SMILES string of the molecule is C1=NC2Nc3cc(COCc4ccccc4)ccc3SC2N=C1. The van der Waals surface area contributed by atoms with Crippen LogP contribution in [0.1, 0.15) is 11.1 Å². The van der Waals surface area contributed by atoms with Gasteiger partial charge in [-0.2, -0.15) is 0 Å². The maximum Gasteiger partial charge on any atom is 0.151 e. The fourth-order valence-electron chi connectivity index (χ4n) is 2.65. The number of anilines is 1. The molecule has 4 nitrogen and oxygen atoms in total. The molecule has 116 valence electrons. The molecule has 0 aromatic heterocycles. The number of nitrogens with zero attached hydrogens (tertiary/aromatic N) is 2. The molecule has 2 unspecified atom stereocenters. The summed E-state index contributed by atoms with van der Waals surface area (Å²) in [5.41, 5.74) is 3.47. The number of nitrogens with one attached hydrogen (secondary N) is 1. The van der Waals surface area contributed by atoms with E-state index in [-0.39, 0.29) is 11.5 Å². The lowest BCUT2D eigenvalue weighted by molar-refractivity contribution is 0.107. The van der Waals surface area contributed by atoms with E-state index >= 15 is 0 Å². The van der Waals surface area contributed by atoms with Gasteiger partial charge in [-0.15, -0.1) is 0 Å². The predicted molar refractivity (Wildman–Crippen MR) is 95.4 cm³/mol. The van der Waals surface area contributed by atoms with E-state index in [0.29, 0.717) is 13.2 Å². The monoisotopic (exact) mass is 323 g/mol. The number of hydrogen-bond acceptors (Lipinski definition) is 5. The fourth-order valence-corrected chi connectivity index (χ4v) is 3.70. The molecule has 2 atom stereocenters. The molecular weight excluding hydrogens is 306 g/mol. The van der Waals surface area contributed by atoms with E-state index in [4.69, 9.17) is 4.74 Å². The Bertz CT molecular complexity index is 745. The van der Waals surface area contributed by atoms with Gasteiger partial charge in [0.1, 0.15) is 5.37 Å². The zero-order valence-corrected chi connectivity index (χ0v) is 13.4. The average molecular weight is 323 g/mol. The van der Waals surface area contributed by atoms with Gasteiger partial charge in [0, 0.05) is 23.0 Å². The molecule has 4 rings (SSSR count). The van der Waals surface area contributed by atoms with Crippen LogP contribution in [-0.2, 0) is 18.0 Å². The molecule has 5 heteroatoms. The normalized spacial score (nSPS) is 21.4. The molecular formula is C18H17N3OS. The summed E-state index contributed by atoms with van der Waals surface area (Å²) >= 11 is 1.76. The summed E-state index contributed by atoms with van der Waals surface area (Å²) in [6, 6.07) is 16.6. The van der Waals surface area contributed by atoms with Gasteiger partial charge >= 0.3 is 0 Å². The van der Waals surface area contributed by atoms with Gasteiger partial charge in [0.05, 0.1) is 13.2 Å². The molecule has 2 heterocycles. The largest absolute Gasteiger partial charge is 0.372 e. The molecule has 2 aliphatic heterocycles. The fraction of sp³-hybridized carbons (Fsp3) is 0.222. The van der Waals surface area contributed by atoms with Crippen LogP contribution in [0.4, 0.5) is 5.69 Å². The third-order valence-electron chi connectivity index (χ3n) is 3.79. The molecule has 0 radical (unpaired) electrons. The zero-order chi connectivity index (χ0) is 15.5. The minimum atomic E-state index is 0.0259. The smallest absolute Gasteiger partial charge is 0.151 e. The number of fused-ring (bicyclic) bond motifs is 2. The molecule has 23 heavy (non-hydrogen) atoms. The van der Waals surface area contributed by atoms with Crippen molar-refractivity contribution in [2.75, 3.05) is 5.32 Å². The van der Waals surface area contributed by atoms with Crippen LogP contribution in [-0.4, -0.2) is 24.0 Å².